The maximum absolute atomic E-state index is 13.5. The van der Waals surface area contributed by atoms with Gasteiger partial charge in [-0.2, -0.15) is 4.98 Å². The Balaban J connectivity index is 1.78. The van der Waals surface area contributed by atoms with Gasteiger partial charge in [0.25, 0.3) is 11.6 Å². The molecule has 1 amide bonds. The lowest BCUT2D eigenvalue weighted by molar-refractivity contribution is -0.384. The third-order valence-corrected chi connectivity index (χ3v) is 5.85. The van der Waals surface area contributed by atoms with Crippen LogP contribution >= 0.6 is 11.8 Å². The summed E-state index contributed by atoms with van der Waals surface area (Å²) < 4.78 is 1.65. The Bertz CT molecular complexity index is 1250. The van der Waals surface area contributed by atoms with E-state index < -0.39 is 11.0 Å². The molecule has 0 aliphatic carbocycles. The van der Waals surface area contributed by atoms with Crippen LogP contribution in [-0.4, -0.2) is 31.9 Å². The number of hydrogen-bond acceptors (Lipinski definition) is 7. The Morgan fingerprint density at radius 2 is 1.91 bits per heavy atom. The van der Waals surface area contributed by atoms with Gasteiger partial charge in [-0.25, -0.2) is 4.68 Å². The molecule has 1 aromatic heterocycles. The molecule has 32 heavy (non-hydrogen) atoms. The molecule has 1 unspecified atom stereocenters. The second kappa shape index (κ2) is 8.46. The molecule has 2 aromatic carbocycles. The maximum atomic E-state index is 13.5. The van der Waals surface area contributed by atoms with E-state index in [4.69, 9.17) is 0 Å². The van der Waals surface area contributed by atoms with Crippen LogP contribution in [-0.2, 0) is 4.79 Å². The zero-order valence-corrected chi connectivity index (χ0v) is 18.9. The number of aryl methyl sites for hydroxylation is 2. The van der Waals surface area contributed by atoms with Crippen LogP contribution in [0, 0.1) is 24.0 Å². The number of carbonyl (C=O) groups is 1. The topological polar surface area (TPSA) is 115 Å². The van der Waals surface area contributed by atoms with E-state index in [0.717, 1.165) is 16.8 Å². The second-order valence-corrected chi connectivity index (χ2v) is 8.33. The van der Waals surface area contributed by atoms with E-state index in [1.165, 1.54) is 23.9 Å². The molecular weight excluding hydrogens is 428 g/mol. The first-order valence-electron chi connectivity index (χ1n) is 9.89. The fraction of sp³-hybridized carbons (Fsp3) is 0.227. The fourth-order valence-electron chi connectivity index (χ4n) is 3.74. The lowest BCUT2D eigenvalue weighted by Gasteiger charge is -2.28. The molecule has 164 valence electrons. The monoisotopic (exact) mass is 450 g/mol. The summed E-state index contributed by atoms with van der Waals surface area (Å²) in [6.07, 6.45) is 1.87. The van der Waals surface area contributed by atoms with Gasteiger partial charge < -0.3 is 10.6 Å². The van der Waals surface area contributed by atoms with E-state index in [2.05, 4.69) is 20.7 Å². The van der Waals surface area contributed by atoms with Crippen LogP contribution in [0.2, 0.25) is 0 Å². The number of carbonyl (C=O) groups excluding carboxylic acids is 1. The molecule has 0 spiro atoms. The number of nitro groups is 1. The van der Waals surface area contributed by atoms with Gasteiger partial charge in [-0.05, 0) is 56.4 Å². The predicted octanol–water partition coefficient (Wildman–Crippen LogP) is 4.45. The van der Waals surface area contributed by atoms with Crippen LogP contribution in [0.3, 0.4) is 0 Å². The van der Waals surface area contributed by atoms with Gasteiger partial charge in [0.15, 0.2) is 0 Å². The molecule has 4 rings (SSSR count). The smallest absolute Gasteiger partial charge is 0.269 e. The third kappa shape index (κ3) is 3.96. The van der Waals surface area contributed by atoms with Crippen molar-refractivity contribution in [2.24, 2.45) is 0 Å². The lowest BCUT2D eigenvalue weighted by Crippen LogP contribution is -2.31. The Labute approximate surface area is 189 Å². The lowest BCUT2D eigenvalue weighted by atomic mass is 9.94. The largest absolute Gasteiger partial charge is 0.328 e. The molecule has 1 aliphatic heterocycles. The van der Waals surface area contributed by atoms with Crippen LogP contribution in [0.1, 0.15) is 29.7 Å². The summed E-state index contributed by atoms with van der Waals surface area (Å²) in [5.41, 5.74) is 4.56. The van der Waals surface area contributed by atoms with Crippen LogP contribution < -0.4 is 10.6 Å². The second-order valence-electron chi connectivity index (χ2n) is 7.55. The summed E-state index contributed by atoms with van der Waals surface area (Å²) in [6.45, 7) is 5.75. The number of thioether (sulfide) groups is 1. The number of anilines is 2. The Hall–Kier alpha value is -3.66. The summed E-state index contributed by atoms with van der Waals surface area (Å²) in [7, 11) is 0. The number of fused-ring (bicyclic) bond motifs is 1. The van der Waals surface area contributed by atoms with Gasteiger partial charge in [-0.3, -0.25) is 14.9 Å². The highest BCUT2D eigenvalue weighted by Crippen LogP contribution is 2.37. The van der Waals surface area contributed by atoms with Crippen molar-refractivity contribution in [2.75, 3.05) is 16.9 Å². The molecule has 3 aromatic rings. The van der Waals surface area contributed by atoms with E-state index in [1.807, 2.05) is 45.2 Å². The minimum atomic E-state index is -0.591. The van der Waals surface area contributed by atoms with Crippen molar-refractivity contribution in [2.45, 2.75) is 32.0 Å². The standard InChI is InChI=1S/C22H22N6O3S/c1-12-5-10-17(13(2)11-12)24-20(29)18-14(3)23-21-25-22(32-4)26-27(21)19(18)15-6-8-16(9-7-15)28(30)31/h5-11,19H,1-4H3,(H,24,29)(H,23,25,26). The van der Waals surface area contributed by atoms with Crippen molar-refractivity contribution in [3.8, 4) is 0 Å². The molecule has 0 bridgehead atoms. The molecule has 9 nitrogen and oxygen atoms in total. The van der Waals surface area contributed by atoms with Crippen molar-refractivity contribution < 1.29 is 9.72 Å². The van der Waals surface area contributed by atoms with E-state index in [1.54, 1.807) is 16.8 Å². The number of non-ortho nitro benzene ring substituents is 1. The van der Waals surface area contributed by atoms with Crippen molar-refractivity contribution in [1.82, 2.24) is 14.8 Å². The van der Waals surface area contributed by atoms with Gasteiger partial charge in [0, 0.05) is 23.5 Å². The molecular formula is C22H22N6O3S. The Kier molecular flexibility index (Phi) is 5.70. The molecule has 1 aliphatic rings. The highest BCUT2D eigenvalue weighted by Gasteiger charge is 2.34. The quantitative estimate of drug-likeness (QED) is 0.335. The van der Waals surface area contributed by atoms with Crippen molar-refractivity contribution in [3.63, 3.8) is 0 Å². The van der Waals surface area contributed by atoms with Gasteiger partial charge in [0.2, 0.25) is 11.1 Å². The van der Waals surface area contributed by atoms with E-state index in [-0.39, 0.29) is 11.6 Å². The van der Waals surface area contributed by atoms with E-state index in [0.29, 0.717) is 27.9 Å². The Morgan fingerprint density at radius 1 is 1.19 bits per heavy atom. The average molecular weight is 451 g/mol. The molecule has 0 saturated carbocycles. The number of nitro benzene ring substituents is 1. The number of hydrogen-bond donors (Lipinski definition) is 2. The minimum Gasteiger partial charge on any atom is -0.328 e. The molecule has 0 radical (unpaired) electrons. The van der Waals surface area contributed by atoms with Gasteiger partial charge in [0.05, 0.1) is 10.5 Å². The zero-order chi connectivity index (χ0) is 23.0. The van der Waals surface area contributed by atoms with Crippen molar-refractivity contribution >= 4 is 35.0 Å². The Morgan fingerprint density at radius 3 is 2.53 bits per heavy atom. The number of aromatic nitrogens is 3. The van der Waals surface area contributed by atoms with E-state index >= 15 is 0 Å². The van der Waals surface area contributed by atoms with Gasteiger partial charge in [0.1, 0.15) is 6.04 Å². The average Bonchev–Trinajstić information content (AvgIpc) is 3.17. The third-order valence-electron chi connectivity index (χ3n) is 5.31. The molecule has 2 N–H and O–H groups in total. The summed E-state index contributed by atoms with van der Waals surface area (Å²) >= 11 is 1.39. The first-order valence-corrected chi connectivity index (χ1v) is 11.1. The summed E-state index contributed by atoms with van der Waals surface area (Å²) in [4.78, 5) is 28.6. The van der Waals surface area contributed by atoms with Crippen LogP contribution in [0.25, 0.3) is 0 Å². The number of allylic oxidation sites excluding steroid dienone is 1. The normalized spacial score (nSPS) is 15.2. The SMILES string of the molecule is CSc1nc2n(n1)C(c1ccc([N+](=O)[O-])cc1)C(C(=O)Nc1ccc(C)cc1C)=C(C)N2. The van der Waals surface area contributed by atoms with Crippen molar-refractivity contribution in [1.29, 1.82) is 0 Å². The summed E-state index contributed by atoms with van der Waals surface area (Å²) in [5.74, 6) is 0.232. The number of nitrogens with one attached hydrogen (secondary N) is 2. The highest BCUT2D eigenvalue weighted by molar-refractivity contribution is 7.98. The van der Waals surface area contributed by atoms with Crippen LogP contribution in [0.5, 0.6) is 0 Å². The fourth-order valence-corrected chi connectivity index (χ4v) is 4.09. The van der Waals surface area contributed by atoms with Gasteiger partial charge in [-0.15, -0.1) is 5.10 Å². The maximum Gasteiger partial charge on any atom is 0.269 e. The molecule has 0 saturated heterocycles. The van der Waals surface area contributed by atoms with Crippen LogP contribution in [0.15, 0.2) is 58.9 Å². The highest BCUT2D eigenvalue weighted by atomic mass is 32.2. The molecule has 10 heteroatoms. The van der Waals surface area contributed by atoms with Crippen LogP contribution in [0.4, 0.5) is 17.3 Å². The van der Waals surface area contributed by atoms with E-state index in [9.17, 15) is 14.9 Å². The van der Waals surface area contributed by atoms with Crippen molar-refractivity contribution in [3.05, 3.63) is 80.5 Å². The number of amides is 1. The van der Waals surface area contributed by atoms with Gasteiger partial charge >= 0.3 is 0 Å². The first-order chi connectivity index (χ1) is 15.3. The molecule has 0 fully saturated rings. The van der Waals surface area contributed by atoms with Gasteiger partial charge in [-0.1, -0.05) is 29.5 Å². The molecule has 2 heterocycles. The zero-order valence-electron chi connectivity index (χ0n) is 18.0. The number of nitrogens with zero attached hydrogens (tertiary/aromatic N) is 4. The predicted molar refractivity (Wildman–Crippen MR) is 124 cm³/mol. The first kappa shape index (κ1) is 21.6. The number of rotatable bonds is 5. The molecule has 1 atom stereocenters. The summed E-state index contributed by atoms with van der Waals surface area (Å²) in [6, 6.07) is 11.4. The number of benzene rings is 2. The minimum absolute atomic E-state index is 0.0201. The summed E-state index contributed by atoms with van der Waals surface area (Å²) in [5, 5.41) is 22.4.